The lowest BCUT2D eigenvalue weighted by Gasteiger charge is -2.11. The zero-order valence-corrected chi connectivity index (χ0v) is 17.0. The lowest BCUT2D eigenvalue weighted by molar-refractivity contribution is 0.102. The fraction of sp³-hybridized carbons (Fsp3) is 0. The molecule has 0 aliphatic heterocycles. The van der Waals surface area contributed by atoms with Gasteiger partial charge in [0, 0.05) is 15.7 Å². The second kappa shape index (κ2) is 8.12. The Morgan fingerprint density at radius 1 is 0.926 bits per heavy atom. The predicted octanol–water partition coefficient (Wildman–Crippen LogP) is 5.16. The highest BCUT2D eigenvalue weighted by Crippen LogP contribution is 2.26. The Balaban J connectivity index is 1.77. The second-order valence-corrected chi connectivity index (χ2v) is 8.58. The van der Waals surface area contributed by atoms with Crippen LogP contribution in [0.3, 0.4) is 0 Å². The van der Waals surface area contributed by atoms with Crippen molar-refractivity contribution in [2.45, 2.75) is 4.90 Å². The normalized spacial score (nSPS) is 11.0. The molecule has 0 saturated carbocycles. The van der Waals surface area contributed by atoms with Gasteiger partial charge >= 0.3 is 0 Å². The summed E-state index contributed by atoms with van der Waals surface area (Å²) in [5.74, 6) is -0.350. The predicted molar refractivity (Wildman–Crippen MR) is 111 cm³/mol. The summed E-state index contributed by atoms with van der Waals surface area (Å²) in [6.45, 7) is 0. The highest BCUT2D eigenvalue weighted by Gasteiger charge is 2.16. The minimum absolute atomic E-state index is 0.123. The van der Waals surface area contributed by atoms with Crippen molar-refractivity contribution in [3.8, 4) is 0 Å². The maximum atomic E-state index is 12.4. The summed E-state index contributed by atoms with van der Waals surface area (Å²) in [6.07, 6.45) is 0. The van der Waals surface area contributed by atoms with E-state index in [-0.39, 0.29) is 21.5 Å². The van der Waals surface area contributed by atoms with Crippen LogP contribution >= 0.6 is 27.5 Å². The van der Waals surface area contributed by atoms with Gasteiger partial charge in [0.1, 0.15) is 0 Å². The molecule has 0 spiro atoms. The van der Waals surface area contributed by atoms with Crippen LogP contribution in [0.1, 0.15) is 10.4 Å². The summed E-state index contributed by atoms with van der Waals surface area (Å²) >= 11 is 9.51. The maximum absolute atomic E-state index is 12.4. The number of rotatable bonds is 5. The Morgan fingerprint density at radius 2 is 1.59 bits per heavy atom. The van der Waals surface area contributed by atoms with Crippen LogP contribution in [0.4, 0.5) is 11.4 Å². The molecule has 0 aliphatic carbocycles. The molecule has 0 radical (unpaired) electrons. The van der Waals surface area contributed by atoms with E-state index in [2.05, 4.69) is 26.0 Å². The molecule has 0 bridgehead atoms. The Hall–Kier alpha value is -2.35. The highest BCUT2D eigenvalue weighted by molar-refractivity contribution is 9.10. The average molecular weight is 466 g/mol. The van der Waals surface area contributed by atoms with E-state index in [0.717, 1.165) is 4.47 Å². The van der Waals surface area contributed by atoms with Crippen LogP contribution in [0.25, 0.3) is 0 Å². The van der Waals surface area contributed by atoms with Gasteiger partial charge in [0.15, 0.2) is 0 Å². The fourth-order valence-electron chi connectivity index (χ4n) is 2.28. The Labute approximate surface area is 170 Å². The van der Waals surface area contributed by atoms with E-state index < -0.39 is 10.0 Å². The molecule has 0 aliphatic rings. The van der Waals surface area contributed by atoms with Crippen LogP contribution in [0.5, 0.6) is 0 Å². The monoisotopic (exact) mass is 464 g/mol. The van der Waals surface area contributed by atoms with Crippen LogP contribution in [0.2, 0.25) is 5.02 Å². The summed E-state index contributed by atoms with van der Waals surface area (Å²) < 4.78 is 28.1. The zero-order chi connectivity index (χ0) is 19.4. The third kappa shape index (κ3) is 4.88. The van der Waals surface area contributed by atoms with E-state index in [1.165, 1.54) is 30.3 Å². The SMILES string of the molecule is O=C(Nc1ccc(Br)cc1)c1ccc(NS(=O)(=O)c2ccccc2)c(Cl)c1. The zero-order valence-electron chi connectivity index (χ0n) is 13.8. The number of halogens is 2. The Kier molecular flexibility index (Phi) is 5.84. The number of carbonyl (C=O) groups is 1. The molecule has 0 aromatic heterocycles. The molecule has 3 aromatic rings. The Bertz CT molecular complexity index is 1070. The van der Waals surface area contributed by atoms with Crippen LogP contribution in [-0.4, -0.2) is 14.3 Å². The number of amides is 1. The van der Waals surface area contributed by atoms with Crippen molar-refractivity contribution in [3.63, 3.8) is 0 Å². The van der Waals surface area contributed by atoms with Crippen molar-refractivity contribution in [1.82, 2.24) is 0 Å². The molecule has 3 rings (SSSR count). The third-order valence-electron chi connectivity index (χ3n) is 3.63. The highest BCUT2D eigenvalue weighted by atomic mass is 79.9. The number of sulfonamides is 1. The molecular weight excluding hydrogens is 452 g/mol. The molecule has 8 heteroatoms. The van der Waals surface area contributed by atoms with Crippen molar-refractivity contribution in [1.29, 1.82) is 0 Å². The average Bonchev–Trinajstić information content (AvgIpc) is 2.66. The number of benzene rings is 3. The topological polar surface area (TPSA) is 75.3 Å². The minimum Gasteiger partial charge on any atom is -0.322 e. The van der Waals surface area contributed by atoms with Gasteiger partial charge in [0.25, 0.3) is 15.9 Å². The van der Waals surface area contributed by atoms with Crippen molar-refractivity contribution in [2.75, 3.05) is 10.0 Å². The van der Waals surface area contributed by atoms with Crippen LogP contribution in [0.15, 0.2) is 82.2 Å². The van der Waals surface area contributed by atoms with E-state index in [1.807, 2.05) is 12.1 Å². The minimum atomic E-state index is -3.76. The first-order chi connectivity index (χ1) is 12.8. The number of nitrogens with one attached hydrogen (secondary N) is 2. The molecule has 5 nitrogen and oxygen atoms in total. The molecule has 3 aromatic carbocycles. The number of anilines is 2. The summed E-state index contributed by atoms with van der Waals surface area (Å²) in [5, 5.41) is 2.87. The Morgan fingerprint density at radius 3 is 2.22 bits per heavy atom. The van der Waals surface area contributed by atoms with Gasteiger partial charge in [-0.15, -0.1) is 0 Å². The van der Waals surface area contributed by atoms with Crippen molar-refractivity contribution in [2.24, 2.45) is 0 Å². The smallest absolute Gasteiger partial charge is 0.261 e. The van der Waals surface area contributed by atoms with E-state index in [9.17, 15) is 13.2 Å². The fourth-order valence-corrected chi connectivity index (χ4v) is 3.93. The van der Waals surface area contributed by atoms with E-state index in [0.29, 0.717) is 11.3 Å². The second-order valence-electron chi connectivity index (χ2n) is 5.57. The lowest BCUT2D eigenvalue weighted by Crippen LogP contribution is -2.14. The molecule has 0 saturated heterocycles. The molecule has 138 valence electrons. The van der Waals surface area contributed by atoms with Gasteiger partial charge in [-0.05, 0) is 54.6 Å². The largest absolute Gasteiger partial charge is 0.322 e. The summed E-state index contributed by atoms with van der Waals surface area (Å²) in [5.41, 5.74) is 1.14. The first-order valence-electron chi connectivity index (χ1n) is 7.79. The van der Waals surface area contributed by atoms with Crippen molar-refractivity contribution >= 4 is 54.8 Å². The van der Waals surface area contributed by atoms with Gasteiger partial charge in [-0.25, -0.2) is 8.42 Å². The molecule has 2 N–H and O–H groups in total. The number of hydrogen-bond acceptors (Lipinski definition) is 3. The molecule has 27 heavy (non-hydrogen) atoms. The maximum Gasteiger partial charge on any atom is 0.261 e. The third-order valence-corrected chi connectivity index (χ3v) is 5.85. The van der Waals surface area contributed by atoms with Crippen molar-refractivity contribution in [3.05, 3.63) is 87.9 Å². The molecule has 0 unspecified atom stereocenters. The standard InChI is InChI=1S/C19H14BrClN2O3S/c20-14-7-9-15(10-8-14)22-19(24)13-6-11-18(17(21)12-13)23-27(25,26)16-4-2-1-3-5-16/h1-12,23H,(H,22,24). The van der Waals surface area contributed by atoms with E-state index in [4.69, 9.17) is 11.6 Å². The molecule has 0 fully saturated rings. The summed E-state index contributed by atoms with van der Waals surface area (Å²) in [4.78, 5) is 12.5. The van der Waals surface area contributed by atoms with E-state index >= 15 is 0 Å². The lowest BCUT2D eigenvalue weighted by atomic mass is 10.2. The van der Waals surface area contributed by atoms with Crippen LogP contribution in [-0.2, 0) is 10.0 Å². The summed E-state index contributed by atoms with van der Waals surface area (Å²) in [6, 6.07) is 19.5. The van der Waals surface area contributed by atoms with Gasteiger partial charge in [-0.3, -0.25) is 9.52 Å². The van der Waals surface area contributed by atoms with Gasteiger partial charge in [0.2, 0.25) is 0 Å². The number of carbonyl (C=O) groups excluding carboxylic acids is 1. The number of hydrogen-bond donors (Lipinski definition) is 2. The van der Waals surface area contributed by atoms with Crippen LogP contribution < -0.4 is 10.0 Å². The molecule has 0 atom stereocenters. The molecular formula is C19H14BrClN2O3S. The van der Waals surface area contributed by atoms with Gasteiger partial charge in [-0.2, -0.15) is 0 Å². The summed E-state index contributed by atoms with van der Waals surface area (Å²) in [7, 11) is -3.76. The molecule has 0 heterocycles. The van der Waals surface area contributed by atoms with Gasteiger partial charge in [0.05, 0.1) is 15.6 Å². The molecule has 1 amide bonds. The van der Waals surface area contributed by atoms with Crippen molar-refractivity contribution < 1.29 is 13.2 Å². The van der Waals surface area contributed by atoms with Crippen LogP contribution in [0, 0.1) is 0 Å². The van der Waals surface area contributed by atoms with Gasteiger partial charge < -0.3 is 5.32 Å². The quantitative estimate of drug-likeness (QED) is 0.547. The first kappa shape index (κ1) is 19.4. The van der Waals surface area contributed by atoms with Gasteiger partial charge in [-0.1, -0.05) is 45.7 Å². The van der Waals surface area contributed by atoms with E-state index in [1.54, 1.807) is 30.3 Å². The first-order valence-corrected chi connectivity index (χ1v) is 10.4.